The molecule has 10 aromatic carbocycles. The van der Waals surface area contributed by atoms with E-state index in [0.717, 1.165) is 39.4 Å². The van der Waals surface area contributed by atoms with Gasteiger partial charge < -0.3 is 14.0 Å². The van der Waals surface area contributed by atoms with Crippen molar-refractivity contribution < 1.29 is 0 Å². The van der Waals surface area contributed by atoms with E-state index in [-0.39, 0.29) is 11.8 Å². The molecule has 6 nitrogen and oxygen atoms in total. The van der Waals surface area contributed by atoms with Gasteiger partial charge in [-0.15, -0.1) is 0 Å². The van der Waals surface area contributed by atoms with Crippen LogP contribution in [0.1, 0.15) is 24.0 Å². The molecule has 0 fully saturated rings. The topological polar surface area (TPSA) is 51.8 Å². The zero-order chi connectivity index (χ0) is 50.3. The fourth-order valence-electron chi connectivity index (χ4n) is 12.3. The second kappa shape index (κ2) is 17.6. The van der Waals surface area contributed by atoms with Crippen molar-refractivity contribution in [2.45, 2.75) is 12.8 Å². The van der Waals surface area contributed by atoms with Gasteiger partial charge in [-0.2, -0.15) is 0 Å². The summed E-state index contributed by atoms with van der Waals surface area (Å²) in [7, 11) is 0. The van der Waals surface area contributed by atoms with E-state index in [9.17, 15) is 0 Å². The fraction of sp³-hybridized carbons (Fsp3) is 0.0429. The highest BCUT2D eigenvalue weighted by Crippen LogP contribution is 2.57. The molecule has 3 aromatic heterocycles. The van der Waals surface area contributed by atoms with Crippen molar-refractivity contribution in [1.82, 2.24) is 24.1 Å². The van der Waals surface area contributed by atoms with Gasteiger partial charge in [-0.25, -0.2) is 15.0 Å². The van der Waals surface area contributed by atoms with Crippen molar-refractivity contribution in [2.75, 3.05) is 4.90 Å². The fourth-order valence-corrected chi connectivity index (χ4v) is 12.3. The van der Waals surface area contributed by atoms with Gasteiger partial charge in [0.25, 0.3) is 0 Å². The number of rotatable bonds is 8. The molecule has 0 saturated heterocycles. The molecular weight excluding hydrogens is 925 g/mol. The zero-order valence-electron chi connectivity index (χ0n) is 41.7. The Morgan fingerprint density at radius 2 is 0.789 bits per heavy atom. The minimum Gasteiger partial charge on any atom is -0.313 e. The lowest BCUT2D eigenvalue weighted by Crippen LogP contribution is -2.20. The minimum atomic E-state index is -0.000706. The Bertz CT molecular complexity index is 4400. The first-order valence-corrected chi connectivity index (χ1v) is 26.1. The predicted molar refractivity (Wildman–Crippen MR) is 313 cm³/mol. The standard InChI is InChI=1S/C70H48N6/c1-45-54(37-41-65-66(45)67-56(31-19-33-64(67)76(65)53-28-15-6-16-29-53)70-72-68(46-20-7-2-8-21-46)71-69(73-70)47-22-9-3-10-23-47)50-36-40-63-59(44-50)58-43-49(35-39-62(58)75(63)52-26-13-5-14-27-52)48-34-38-61-57(42-48)55-30-17-18-32-60(55)74(61)51-24-11-4-12-25-51/h2-45,66H,1H3. The summed E-state index contributed by atoms with van der Waals surface area (Å²) in [5.41, 5.74) is 19.5. The van der Waals surface area contributed by atoms with Crippen molar-refractivity contribution in [3.05, 3.63) is 278 Å². The number of aromatic nitrogens is 5. The van der Waals surface area contributed by atoms with Crippen molar-refractivity contribution in [2.24, 2.45) is 5.92 Å². The number of hydrogen-bond acceptors (Lipinski definition) is 4. The Labute approximate surface area is 440 Å². The average molecular weight is 973 g/mol. The molecule has 76 heavy (non-hydrogen) atoms. The van der Waals surface area contributed by atoms with Crippen LogP contribution in [0.15, 0.2) is 267 Å². The van der Waals surface area contributed by atoms with Crippen molar-refractivity contribution >= 4 is 60.6 Å². The molecular formula is C70H48N6. The second-order valence-electron chi connectivity index (χ2n) is 20.0. The molecule has 1 aliphatic heterocycles. The van der Waals surface area contributed by atoms with Crippen LogP contribution in [0.3, 0.4) is 0 Å². The molecule has 2 aliphatic rings. The summed E-state index contributed by atoms with van der Waals surface area (Å²) in [4.78, 5) is 18.1. The minimum absolute atomic E-state index is 0.000706. The maximum atomic E-state index is 5.30. The number of benzene rings is 10. The highest BCUT2D eigenvalue weighted by Gasteiger charge is 2.43. The number of hydrogen-bond donors (Lipinski definition) is 0. The first-order chi connectivity index (χ1) is 37.6. The van der Waals surface area contributed by atoms with E-state index in [1.54, 1.807) is 0 Å². The van der Waals surface area contributed by atoms with E-state index in [1.165, 1.54) is 77.1 Å². The summed E-state index contributed by atoms with van der Waals surface area (Å²) >= 11 is 0. The Morgan fingerprint density at radius 1 is 0.342 bits per heavy atom. The third-order valence-corrected chi connectivity index (χ3v) is 15.7. The van der Waals surface area contributed by atoms with Gasteiger partial charge in [0.2, 0.25) is 0 Å². The molecule has 0 saturated carbocycles. The summed E-state index contributed by atoms with van der Waals surface area (Å²) < 4.78 is 4.80. The van der Waals surface area contributed by atoms with Gasteiger partial charge in [0, 0.05) is 66.9 Å². The van der Waals surface area contributed by atoms with Crippen LogP contribution in [-0.2, 0) is 0 Å². The third-order valence-electron chi connectivity index (χ3n) is 15.7. The molecule has 0 spiro atoms. The molecule has 0 N–H and O–H groups in total. The lowest BCUT2D eigenvalue weighted by atomic mass is 9.75. The second-order valence-corrected chi connectivity index (χ2v) is 20.0. The van der Waals surface area contributed by atoms with Crippen LogP contribution >= 0.6 is 0 Å². The van der Waals surface area contributed by atoms with Gasteiger partial charge in [-0.3, -0.25) is 0 Å². The molecule has 2 atom stereocenters. The number of fused-ring (bicyclic) bond motifs is 9. The summed E-state index contributed by atoms with van der Waals surface area (Å²) in [5, 5.41) is 4.91. The summed E-state index contributed by atoms with van der Waals surface area (Å²) in [5.74, 6) is 2.04. The van der Waals surface area contributed by atoms with Crippen molar-refractivity contribution in [3.63, 3.8) is 0 Å². The quantitative estimate of drug-likeness (QED) is 0.152. The van der Waals surface area contributed by atoms with E-state index in [1.807, 2.05) is 36.4 Å². The third kappa shape index (κ3) is 6.99. The van der Waals surface area contributed by atoms with E-state index in [2.05, 4.69) is 245 Å². The Kier molecular flexibility index (Phi) is 10.1. The molecule has 15 rings (SSSR count). The smallest absolute Gasteiger partial charge is 0.164 e. The molecule has 0 amide bonds. The van der Waals surface area contributed by atoms with E-state index < -0.39 is 0 Å². The van der Waals surface area contributed by atoms with Crippen molar-refractivity contribution in [3.8, 4) is 56.7 Å². The van der Waals surface area contributed by atoms with Gasteiger partial charge in [-0.05, 0) is 125 Å². The molecule has 13 aromatic rings. The molecule has 0 radical (unpaired) electrons. The summed E-state index contributed by atoms with van der Waals surface area (Å²) in [6.45, 7) is 2.40. The number of nitrogens with zero attached hydrogens (tertiary/aromatic N) is 6. The lowest BCUT2D eigenvalue weighted by Gasteiger charge is -2.31. The number of para-hydroxylation sites is 4. The maximum Gasteiger partial charge on any atom is 0.164 e. The van der Waals surface area contributed by atoms with Crippen molar-refractivity contribution in [1.29, 1.82) is 0 Å². The Balaban J connectivity index is 0.889. The SMILES string of the molecule is CC1C(c2ccc3c(c2)c2cc(-c4ccc5c(c4)c4ccccc4n5-c4ccccc4)ccc2n3-c2ccccc2)=CC=C2C1c1c(-c3nc(-c4ccccc4)nc(-c4ccccc4)n3)cccc1N2c1ccccc1. The number of anilines is 2. The highest BCUT2D eigenvalue weighted by molar-refractivity contribution is 6.13. The maximum absolute atomic E-state index is 5.30. The van der Waals surface area contributed by atoms with Crippen LogP contribution in [0.5, 0.6) is 0 Å². The van der Waals surface area contributed by atoms with Crippen LogP contribution in [0.2, 0.25) is 0 Å². The summed E-state index contributed by atoms with van der Waals surface area (Å²) in [6, 6.07) is 89.2. The van der Waals surface area contributed by atoms with Gasteiger partial charge >= 0.3 is 0 Å². The van der Waals surface area contributed by atoms with E-state index in [0.29, 0.717) is 17.5 Å². The molecule has 4 heterocycles. The van der Waals surface area contributed by atoms with E-state index >= 15 is 0 Å². The Hall–Kier alpha value is -9.91. The highest BCUT2D eigenvalue weighted by atomic mass is 15.2. The first-order valence-electron chi connectivity index (χ1n) is 26.1. The van der Waals surface area contributed by atoms with Crippen LogP contribution in [0, 0.1) is 5.92 Å². The largest absolute Gasteiger partial charge is 0.313 e. The van der Waals surface area contributed by atoms with Gasteiger partial charge in [-0.1, -0.05) is 177 Å². The monoisotopic (exact) mass is 972 g/mol. The van der Waals surface area contributed by atoms with Gasteiger partial charge in [0.05, 0.1) is 27.8 Å². The lowest BCUT2D eigenvalue weighted by molar-refractivity contribution is 0.636. The first kappa shape index (κ1) is 43.7. The Morgan fingerprint density at radius 3 is 1.36 bits per heavy atom. The molecule has 6 heteroatoms. The average Bonchev–Trinajstić information content (AvgIpc) is 4.20. The van der Waals surface area contributed by atoms with E-state index in [4.69, 9.17) is 15.0 Å². The van der Waals surface area contributed by atoms with Gasteiger partial charge in [0.15, 0.2) is 17.5 Å². The molecule has 1 aliphatic carbocycles. The number of allylic oxidation sites excluding steroid dienone is 4. The molecule has 358 valence electrons. The normalized spacial score (nSPS) is 15.0. The van der Waals surface area contributed by atoms with Crippen LogP contribution in [0.4, 0.5) is 11.4 Å². The molecule has 2 unspecified atom stereocenters. The van der Waals surface area contributed by atoms with Gasteiger partial charge in [0.1, 0.15) is 0 Å². The summed E-state index contributed by atoms with van der Waals surface area (Å²) in [6.07, 6.45) is 4.72. The predicted octanol–water partition coefficient (Wildman–Crippen LogP) is 17.6. The van der Waals surface area contributed by atoms with Crippen LogP contribution in [0.25, 0.3) is 106 Å². The van der Waals surface area contributed by atoms with Crippen LogP contribution in [-0.4, -0.2) is 24.1 Å². The molecule has 0 bridgehead atoms. The van der Waals surface area contributed by atoms with Crippen LogP contribution < -0.4 is 4.90 Å². The zero-order valence-corrected chi connectivity index (χ0v) is 41.7.